The van der Waals surface area contributed by atoms with Gasteiger partial charge in [-0.25, -0.2) is 0 Å². The smallest absolute Gasteiger partial charge is 0.399 e. The minimum absolute atomic E-state index is 0.335. The number of benzene rings is 3. The highest BCUT2D eigenvalue weighted by Gasteiger charge is 2.51. The van der Waals surface area contributed by atoms with E-state index < -0.39 is 0 Å². The zero-order valence-corrected chi connectivity index (χ0v) is 16.9. The van der Waals surface area contributed by atoms with Crippen molar-refractivity contribution in [1.29, 1.82) is 0 Å². The standard InChI is InChI=1S/C24H26BNO2/c1-23(2)24(3,4)28-25(27-23)19-13-9-17(10-14-19)21-7-5-6-8-22(21)18-11-15-20(26)16-12-18/h5-16H,26H2,1-4H3. The molecule has 0 radical (unpaired) electrons. The molecule has 4 rings (SSSR count). The van der Waals surface area contributed by atoms with Gasteiger partial charge in [-0.2, -0.15) is 0 Å². The summed E-state index contributed by atoms with van der Waals surface area (Å²) >= 11 is 0. The number of anilines is 1. The van der Waals surface area contributed by atoms with Gasteiger partial charge in [0.15, 0.2) is 0 Å². The molecule has 0 bridgehead atoms. The van der Waals surface area contributed by atoms with Crippen molar-refractivity contribution in [3.63, 3.8) is 0 Å². The number of hydrogen-bond acceptors (Lipinski definition) is 3. The van der Waals surface area contributed by atoms with Gasteiger partial charge in [0.05, 0.1) is 11.2 Å². The maximum Gasteiger partial charge on any atom is 0.494 e. The molecule has 2 N–H and O–H groups in total. The third kappa shape index (κ3) is 3.34. The summed E-state index contributed by atoms with van der Waals surface area (Å²) in [6.45, 7) is 8.29. The number of hydrogen-bond donors (Lipinski definition) is 1. The van der Waals surface area contributed by atoms with Crippen molar-refractivity contribution in [1.82, 2.24) is 0 Å². The summed E-state index contributed by atoms with van der Waals surface area (Å²) in [5.74, 6) is 0. The second-order valence-corrected chi connectivity index (χ2v) is 8.38. The van der Waals surface area contributed by atoms with E-state index in [1.54, 1.807) is 0 Å². The van der Waals surface area contributed by atoms with Crippen LogP contribution in [0, 0.1) is 0 Å². The molecule has 3 aromatic rings. The predicted octanol–water partition coefficient (Wildman–Crippen LogP) is 4.90. The van der Waals surface area contributed by atoms with E-state index in [-0.39, 0.29) is 18.3 Å². The van der Waals surface area contributed by atoms with Crippen LogP contribution in [0.15, 0.2) is 72.8 Å². The Labute approximate surface area is 167 Å². The monoisotopic (exact) mass is 371 g/mol. The molecule has 28 heavy (non-hydrogen) atoms. The van der Waals surface area contributed by atoms with Crippen LogP contribution in [0.25, 0.3) is 22.3 Å². The summed E-state index contributed by atoms with van der Waals surface area (Å²) in [6.07, 6.45) is 0. The molecular formula is C24H26BNO2. The van der Waals surface area contributed by atoms with E-state index in [4.69, 9.17) is 15.0 Å². The van der Waals surface area contributed by atoms with Crippen LogP contribution in [0.5, 0.6) is 0 Å². The highest BCUT2D eigenvalue weighted by Crippen LogP contribution is 2.37. The zero-order chi connectivity index (χ0) is 19.9. The molecule has 4 heteroatoms. The molecule has 0 aliphatic carbocycles. The largest absolute Gasteiger partial charge is 0.494 e. The van der Waals surface area contributed by atoms with Crippen LogP contribution in [0.4, 0.5) is 5.69 Å². The first-order valence-corrected chi connectivity index (χ1v) is 9.68. The summed E-state index contributed by atoms with van der Waals surface area (Å²) in [4.78, 5) is 0. The van der Waals surface area contributed by atoms with Gasteiger partial charge in [-0.1, -0.05) is 60.7 Å². The summed E-state index contributed by atoms with van der Waals surface area (Å²) < 4.78 is 12.3. The lowest BCUT2D eigenvalue weighted by Gasteiger charge is -2.32. The Morgan fingerprint density at radius 2 is 1.07 bits per heavy atom. The number of rotatable bonds is 3. The van der Waals surface area contributed by atoms with E-state index in [1.165, 1.54) is 11.1 Å². The molecule has 1 heterocycles. The SMILES string of the molecule is CC1(C)OB(c2ccc(-c3ccccc3-c3ccc(N)cc3)cc2)OC1(C)C. The topological polar surface area (TPSA) is 44.5 Å². The normalized spacial score (nSPS) is 17.6. The Hall–Kier alpha value is -2.56. The molecule has 0 atom stereocenters. The van der Waals surface area contributed by atoms with Crippen molar-refractivity contribution in [3.8, 4) is 22.3 Å². The minimum atomic E-state index is -0.341. The molecule has 1 fully saturated rings. The zero-order valence-electron chi connectivity index (χ0n) is 16.9. The molecule has 142 valence electrons. The third-order valence-electron chi connectivity index (χ3n) is 5.90. The first kappa shape index (κ1) is 18.8. The fraction of sp³-hybridized carbons (Fsp3) is 0.250. The maximum absolute atomic E-state index is 6.17. The first-order valence-electron chi connectivity index (χ1n) is 9.68. The van der Waals surface area contributed by atoms with Crippen LogP contribution in [-0.2, 0) is 9.31 Å². The predicted molar refractivity (Wildman–Crippen MR) is 117 cm³/mol. The molecule has 3 nitrogen and oxygen atoms in total. The summed E-state index contributed by atoms with van der Waals surface area (Å²) in [5, 5.41) is 0. The first-order chi connectivity index (χ1) is 13.3. The number of nitrogens with two attached hydrogens (primary N) is 1. The van der Waals surface area contributed by atoms with Gasteiger partial charge in [-0.05, 0) is 67.5 Å². The van der Waals surface area contributed by atoms with Gasteiger partial charge in [0.25, 0.3) is 0 Å². The Kier molecular flexibility index (Phi) is 4.57. The number of nitrogen functional groups attached to an aromatic ring is 1. The molecule has 0 amide bonds. The molecule has 0 unspecified atom stereocenters. The van der Waals surface area contributed by atoms with Crippen molar-refractivity contribution < 1.29 is 9.31 Å². The highest BCUT2D eigenvalue weighted by atomic mass is 16.7. The molecule has 1 aliphatic rings. The lowest BCUT2D eigenvalue weighted by atomic mass is 9.78. The van der Waals surface area contributed by atoms with Crippen LogP contribution in [0.2, 0.25) is 0 Å². The molecule has 1 saturated heterocycles. The van der Waals surface area contributed by atoms with E-state index in [9.17, 15) is 0 Å². The molecule has 1 aliphatic heterocycles. The summed E-state index contributed by atoms with van der Waals surface area (Å²) in [7, 11) is -0.341. The molecule has 0 aromatic heterocycles. The lowest BCUT2D eigenvalue weighted by Crippen LogP contribution is -2.41. The van der Waals surface area contributed by atoms with Crippen molar-refractivity contribution in [2.75, 3.05) is 5.73 Å². The Bertz CT molecular complexity index is 962. The van der Waals surface area contributed by atoms with E-state index in [0.29, 0.717) is 0 Å². The fourth-order valence-electron chi connectivity index (χ4n) is 3.45. The van der Waals surface area contributed by atoms with Crippen molar-refractivity contribution in [2.45, 2.75) is 38.9 Å². The van der Waals surface area contributed by atoms with Crippen LogP contribution >= 0.6 is 0 Å². The quantitative estimate of drug-likeness (QED) is 0.526. The maximum atomic E-state index is 6.17. The second kappa shape index (κ2) is 6.80. The van der Waals surface area contributed by atoms with Crippen molar-refractivity contribution in [2.24, 2.45) is 0 Å². The molecule has 0 spiro atoms. The second-order valence-electron chi connectivity index (χ2n) is 8.38. The van der Waals surface area contributed by atoms with E-state index in [0.717, 1.165) is 22.3 Å². The van der Waals surface area contributed by atoms with Gasteiger partial charge in [-0.3, -0.25) is 0 Å². The Balaban J connectivity index is 1.65. The fourth-order valence-corrected chi connectivity index (χ4v) is 3.45. The van der Waals surface area contributed by atoms with Gasteiger partial charge in [-0.15, -0.1) is 0 Å². The van der Waals surface area contributed by atoms with E-state index in [1.807, 2.05) is 12.1 Å². The Morgan fingerprint density at radius 1 is 0.643 bits per heavy atom. The average Bonchev–Trinajstić information content (AvgIpc) is 2.90. The minimum Gasteiger partial charge on any atom is -0.399 e. The average molecular weight is 371 g/mol. The van der Waals surface area contributed by atoms with E-state index >= 15 is 0 Å². The van der Waals surface area contributed by atoms with E-state index in [2.05, 4.69) is 88.4 Å². The third-order valence-corrected chi connectivity index (χ3v) is 5.90. The van der Waals surface area contributed by atoms with Gasteiger partial charge in [0.2, 0.25) is 0 Å². The van der Waals surface area contributed by atoms with Gasteiger partial charge in [0, 0.05) is 5.69 Å². The summed E-state index contributed by atoms with van der Waals surface area (Å²) in [6, 6.07) is 24.9. The Morgan fingerprint density at radius 3 is 1.54 bits per heavy atom. The van der Waals surface area contributed by atoms with Gasteiger partial charge >= 0.3 is 7.12 Å². The molecular weight excluding hydrogens is 345 g/mol. The van der Waals surface area contributed by atoms with Crippen molar-refractivity contribution in [3.05, 3.63) is 72.8 Å². The summed E-state index contributed by atoms with van der Waals surface area (Å²) in [5.41, 5.74) is 11.7. The van der Waals surface area contributed by atoms with Crippen LogP contribution in [-0.4, -0.2) is 18.3 Å². The van der Waals surface area contributed by atoms with Gasteiger partial charge in [0.1, 0.15) is 0 Å². The highest BCUT2D eigenvalue weighted by molar-refractivity contribution is 6.62. The van der Waals surface area contributed by atoms with Crippen LogP contribution < -0.4 is 11.2 Å². The van der Waals surface area contributed by atoms with Crippen LogP contribution in [0.1, 0.15) is 27.7 Å². The van der Waals surface area contributed by atoms with Gasteiger partial charge < -0.3 is 15.0 Å². The molecule has 0 saturated carbocycles. The lowest BCUT2D eigenvalue weighted by molar-refractivity contribution is 0.00578. The van der Waals surface area contributed by atoms with Crippen LogP contribution in [0.3, 0.4) is 0 Å². The van der Waals surface area contributed by atoms with Crippen molar-refractivity contribution >= 4 is 18.3 Å². The molecule has 3 aromatic carbocycles.